The van der Waals surface area contributed by atoms with Crippen LogP contribution in [0.15, 0.2) is 30.3 Å². The van der Waals surface area contributed by atoms with Crippen molar-refractivity contribution in [3.05, 3.63) is 35.9 Å². The van der Waals surface area contributed by atoms with Crippen LogP contribution < -0.4 is 0 Å². The fourth-order valence-corrected chi connectivity index (χ4v) is 2.53. The number of β-amino-alcohol motifs (C(OH)–C–C–N with tert-alkyl or cyclic N) is 1. The van der Waals surface area contributed by atoms with E-state index in [1.807, 2.05) is 37.3 Å². The molecule has 1 aliphatic rings. The molecule has 0 bridgehead atoms. The van der Waals surface area contributed by atoms with Crippen LogP contribution in [0, 0.1) is 0 Å². The number of aliphatic hydroxyl groups is 1. The molecule has 0 radical (unpaired) electrons. The Kier molecular flexibility index (Phi) is 7.32. The summed E-state index contributed by atoms with van der Waals surface area (Å²) in [5.41, 5.74) is 0.985. The van der Waals surface area contributed by atoms with Crippen LogP contribution >= 0.6 is 0 Å². The molecule has 1 aliphatic heterocycles. The van der Waals surface area contributed by atoms with Crippen LogP contribution in [-0.4, -0.2) is 73.0 Å². The van der Waals surface area contributed by atoms with Gasteiger partial charge in [-0.1, -0.05) is 30.3 Å². The van der Waals surface area contributed by atoms with Gasteiger partial charge in [-0.25, -0.2) is 4.79 Å². The number of carbonyl (C=O) groups is 1. The summed E-state index contributed by atoms with van der Waals surface area (Å²) in [4.78, 5) is 15.9. The SMILES string of the molecule is CCOCC(O)CN1CCN(C(=O)OCc2ccccc2)CC1. The zero-order valence-corrected chi connectivity index (χ0v) is 13.7. The molecule has 1 fully saturated rings. The van der Waals surface area contributed by atoms with Crippen molar-refractivity contribution >= 4 is 6.09 Å². The third-order valence-electron chi connectivity index (χ3n) is 3.82. The number of hydrogen-bond acceptors (Lipinski definition) is 5. The summed E-state index contributed by atoms with van der Waals surface area (Å²) in [7, 11) is 0. The quantitative estimate of drug-likeness (QED) is 0.821. The molecule has 1 aromatic carbocycles. The van der Waals surface area contributed by atoms with Crippen molar-refractivity contribution in [3.8, 4) is 0 Å². The number of aliphatic hydroxyl groups excluding tert-OH is 1. The van der Waals surface area contributed by atoms with Gasteiger partial charge in [0.25, 0.3) is 0 Å². The maximum Gasteiger partial charge on any atom is 0.410 e. The molecular formula is C17H26N2O4. The summed E-state index contributed by atoms with van der Waals surface area (Å²) in [6, 6.07) is 9.66. The molecule has 23 heavy (non-hydrogen) atoms. The number of benzene rings is 1. The predicted octanol–water partition coefficient (Wildman–Crippen LogP) is 1.34. The summed E-state index contributed by atoms with van der Waals surface area (Å²) in [6.45, 7) is 6.47. The fourth-order valence-electron chi connectivity index (χ4n) is 2.53. The Bertz CT molecular complexity index is 461. The van der Waals surface area contributed by atoms with E-state index in [2.05, 4.69) is 4.90 Å². The molecular weight excluding hydrogens is 296 g/mol. The first-order valence-electron chi connectivity index (χ1n) is 8.13. The predicted molar refractivity (Wildman–Crippen MR) is 87.1 cm³/mol. The lowest BCUT2D eigenvalue weighted by Crippen LogP contribution is -2.50. The minimum atomic E-state index is -0.480. The Morgan fingerprint density at radius 2 is 1.91 bits per heavy atom. The molecule has 1 unspecified atom stereocenters. The van der Waals surface area contributed by atoms with Gasteiger partial charge in [0.15, 0.2) is 0 Å². The Balaban J connectivity index is 1.66. The average molecular weight is 322 g/mol. The summed E-state index contributed by atoms with van der Waals surface area (Å²) >= 11 is 0. The average Bonchev–Trinajstić information content (AvgIpc) is 2.59. The van der Waals surface area contributed by atoms with E-state index in [1.165, 1.54) is 0 Å². The maximum absolute atomic E-state index is 12.1. The molecule has 1 atom stereocenters. The van der Waals surface area contributed by atoms with Gasteiger partial charge in [-0.15, -0.1) is 0 Å². The third-order valence-corrected chi connectivity index (χ3v) is 3.82. The molecule has 2 rings (SSSR count). The van der Waals surface area contributed by atoms with E-state index in [-0.39, 0.29) is 6.09 Å². The second-order valence-corrected chi connectivity index (χ2v) is 5.64. The number of hydrogen-bond donors (Lipinski definition) is 1. The van der Waals surface area contributed by atoms with E-state index in [1.54, 1.807) is 4.90 Å². The van der Waals surface area contributed by atoms with Gasteiger partial charge in [0.2, 0.25) is 0 Å². The van der Waals surface area contributed by atoms with E-state index in [0.29, 0.717) is 39.5 Å². The van der Waals surface area contributed by atoms with E-state index in [0.717, 1.165) is 18.7 Å². The monoisotopic (exact) mass is 322 g/mol. The molecule has 0 spiro atoms. The fraction of sp³-hybridized carbons (Fsp3) is 0.588. The molecule has 1 heterocycles. The van der Waals surface area contributed by atoms with Crippen molar-refractivity contribution in [3.63, 3.8) is 0 Å². The molecule has 6 nitrogen and oxygen atoms in total. The van der Waals surface area contributed by atoms with Crippen molar-refractivity contribution in [1.29, 1.82) is 0 Å². The van der Waals surface area contributed by atoms with Gasteiger partial charge in [0.1, 0.15) is 6.61 Å². The van der Waals surface area contributed by atoms with Crippen LogP contribution in [0.1, 0.15) is 12.5 Å². The number of rotatable bonds is 7. The second kappa shape index (κ2) is 9.50. The van der Waals surface area contributed by atoms with Gasteiger partial charge >= 0.3 is 6.09 Å². The van der Waals surface area contributed by atoms with Crippen molar-refractivity contribution in [2.75, 3.05) is 45.9 Å². The smallest absolute Gasteiger partial charge is 0.410 e. The Morgan fingerprint density at radius 3 is 2.57 bits per heavy atom. The van der Waals surface area contributed by atoms with Crippen LogP contribution in [0.25, 0.3) is 0 Å². The highest BCUT2D eigenvalue weighted by molar-refractivity contribution is 5.67. The van der Waals surface area contributed by atoms with Gasteiger partial charge < -0.3 is 19.5 Å². The molecule has 0 saturated carbocycles. The van der Waals surface area contributed by atoms with Crippen LogP contribution in [0.3, 0.4) is 0 Å². The first-order valence-corrected chi connectivity index (χ1v) is 8.13. The first-order chi connectivity index (χ1) is 11.2. The molecule has 1 amide bonds. The maximum atomic E-state index is 12.1. The number of piperazine rings is 1. The Labute approximate surface area is 137 Å². The van der Waals surface area contributed by atoms with Crippen LogP contribution in [0.5, 0.6) is 0 Å². The first kappa shape index (κ1) is 17.7. The largest absolute Gasteiger partial charge is 0.445 e. The third kappa shape index (κ3) is 6.17. The highest BCUT2D eigenvalue weighted by Crippen LogP contribution is 2.07. The summed E-state index contributed by atoms with van der Waals surface area (Å²) in [5, 5.41) is 9.85. The Morgan fingerprint density at radius 1 is 1.22 bits per heavy atom. The van der Waals surface area contributed by atoms with Gasteiger partial charge in [-0.3, -0.25) is 4.90 Å². The number of amides is 1. The van der Waals surface area contributed by atoms with Crippen LogP contribution in [0.2, 0.25) is 0 Å². The van der Waals surface area contributed by atoms with Crippen LogP contribution in [0.4, 0.5) is 4.79 Å². The molecule has 0 aromatic heterocycles. The summed E-state index contributed by atoms with van der Waals surface area (Å²) in [5.74, 6) is 0. The zero-order chi connectivity index (χ0) is 16.5. The molecule has 6 heteroatoms. The molecule has 128 valence electrons. The normalized spacial score (nSPS) is 17.0. The lowest BCUT2D eigenvalue weighted by Gasteiger charge is -2.34. The van der Waals surface area contributed by atoms with E-state index >= 15 is 0 Å². The lowest BCUT2D eigenvalue weighted by atomic mass is 10.2. The number of ether oxygens (including phenoxy) is 2. The minimum absolute atomic E-state index is 0.275. The van der Waals surface area contributed by atoms with Crippen molar-refractivity contribution in [1.82, 2.24) is 9.80 Å². The lowest BCUT2D eigenvalue weighted by molar-refractivity contribution is 0.00946. The summed E-state index contributed by atoms with van der Waals surface area (Å²) in [6.07, 6.45) is -0.755. The van der Waals surface area contributed by atoms with Crippen molar-refractivity contribution in [2.45, 2.75) is 19.6 Å². The molecule has 1 aromatic rings. The highest BCUT2D eigenvalue weighted by Gasteiger charge is 2.23. The molecule has 1 N–H and O–H groups in total. The highest BCUT2D eigenvalue weighted by atomic mass is 16.6. The summed E-state index contributed by atoms with van der Waals surface area (Å²) < 4.78 is 10.5. The van der Waals surface area contributed by atoms with Crippen molar-refractivity contribution < 1.29 is 19.4 Å². The standard InChI is InChI=1S/C17H26N2O4/c1-2-22-14-16(20)12-18-8-10-19(11-9-18)17(21)23-13-15-6-4-3-5-7-15/h3-7,16,20H,2,8-14H2,1H3. The minimum Gasteiger partial charge on any atom is -0.445 e. The second-order valence-electron chi connectivity index (χ2n) is 5.64. The molecule has 0 aliphatic carbocycles. The van der Waals surface area contributed by atoms with E-state index in [4.69, 9.17) is 9.47 Å². The molecule has 1 saturated heterocycles. The van der Waals surface area contributed by atoms with Gasteiger partial charge in [0.05, 0.1) is 12.7 Å². The van der Waals surface area contributed by atoms with Crippen molar-refractivity contribution in [2.24, 2.45) is 0 Å². The van der Waals surface area contributed by atoms with E-state index < -0.39 is 6.10 Å². The Hall–Kier alpha value is -1.63. The van der Waals surface area contributed by atoms with Gasteiger partial charge in [0, 0.05) is 39.3 Å². The zero-order valence-electron chi connectivity index (χ0n) is 13.7. The topological polar surface area (TPSA) is 62.2 Å². The van der Waals surface area contributed by atoms with Gasteiger partial charge in [-0.05, 0) is 12.5 Å². The number of nitrogens with zero attached hydrogens (tertiary/aromatic N) is 2. The number of carbonyl (C=O) groups excluding carboxylic acids is 1. The van der Waals surface area contributed by atoms with Crippen LogP contribution in [-0.2, 0) is 16.1 Å². The van der Waals surface area contributed by atoms with E-state index in [9.17, 15) is 9.90 Å². The van der Waals surface area contributed by atoms with Gasteiger partial charge in [-0.2, -0.15) is 0 Å².